The van der Waals surface area contributed by atoms with E-state index >= 15 is 0 Å². The first kappa shape index (κ1) is 23.0. The Kier molecular flexibility index (Phi) is 7.43. The van der Waals surface area contributed by atoms with Crippen LogP contribution in [0.3, 0.4) is 0 Å². The number of nitrogens with one attached hydrogen (secondary N) is 1. The number of benzene rings is 3. The summed E-state index contributed by atoms with van der Waals surface area (Å²) in [5.41, 5.74) is 6.50. The number of aromatic nitrogens is 2. The van der Waals surface area contributed by atoms with Crippen LogP contribution in [-0.2, 0) is 19.6 Å². The van der Waals surface area contributed by atoms with Crippen molar-refractivity contribution in [3.05, 3.63) is 118 Å². The Bertz CT molecular complexity index is 1160. The third kappa shape index (κ3) is 6.01. The van der Waals surface area contributed by atoms with Crippen LogP contribution in [0, 0.1) is 13.8 Å². The largest absolute Gasteiger partial charge is 0.340 e. The summed E-state index contributed by atoms with van der Waals surface area (Å²) in [5, 5.41) is 9.65. The molecule has 0 aliphatic heterocycles. The minimum atomic E-state index is 0.677. The van der Waals surface area contributed by atoms with Gasteiger partial charge in [-0.1, -0.05) is 84.4 Å². The summed E-state index contributed by atoms with van der Waals surface area (Å²) < 4.78 is 2.00. The van der Waals surface area contributed by atoms with E-state index in [0.717, 1.165) is 40.8 Å². The Morgan fingerprint density at radius 2 is 1.39 bits per heavy atom. The lowest BCUT2D eigenvalue weighted by Crippen LogP contribution is -2.34. The van der Waals surface area contributed by atoms with Gasteiger partial charge in [0.2, 0.25) is 0 Å². The molecule has 168 valence electrons. The summed E-state index contributed by atoms with van der Waals surface area (Å²) in [6.45, 7) is 6.20. The van der Waals surface area contributed by atoms with Gasteiger partial charge in [0.1, 0.15) is 0 Å². The van der Waals surface area contributed by atoms with E-state index in [0.29, 0.717) is 11.7 Å². The van der Waals surface area contributed by atoms with E-state index in [1.165, 1.54) is 11.1 Å². The number of hydrogen-bond acceptors (Lipinski definition) is 2. The van der Waals surface area contributed by atoms with Gasteiger partial charge in [-0.15, -0.1) is 0 Å². The molecule has 0 aliphatic rings. The maximum atomic E-state index is 6.03. The molecular weight excluding hydrogens is 448 g/mol. The van der Waals surface area contributed by atoms with Crippen LogP contribution in [0.25, 0.3) is 0 Å². The molecule has 3 aromatic carbocycles. The molecule has 0 saturated heterocycles. The van der Waals surface area contributed by atoms with Crippen LogP contribution in [0.5, 0.6) is 0 Å². The molecule has 1 heterocycles. The van der Waals surface area contributed by atoms with Crippen LogP contribution >= 0.6 is 23.8 Å². The molecule has 0 spiro atoms. The van der Waals surface area contributed by atoms with E-state index in [4.69, 9.17) is 28.9 Å². The Hall–Kier alpha value is -3.15. The Labute approximate surface area is 205 Å². The number of halogens is 1. The highest BCUT2D eigenvalue weighted by Crippen LogP contribution is 2.22. The standard InChI is InChI=1S/C27H27ClN4S/c1-20-26(21(2)32(30-20)19-24-13-15-25(28)16-14-24)29-27(33)31(17-22-9-5-3-6-10-22)18-23-11-7-4-8-12-23/h3-16H,17-19H2,1-2H3,(H,29,33). The molecule has 0 fully saturated rings. The summed E-state index contributed by atoms with van der Waals surface area (Å²) >= 11 is 11.9. The average molecular weight is 475 g/mol. The summed E-state index contributed by atoms with van der Waals surface area (Å²) in [6.07, 6.45) is 0. The summed E-state index contributed by atoms with van der Waals surface area (Å²) in [4.78, 5) is 2.19. The highest BCUT2D eigenvalue weighted by molar-refractivity contribution is 7.80. The molecule has 4 rings (SSSR count). The molecule has 4 nitrogen and oxygen atoms in total. The SMILES string of the molecule is Cc1nn(Cc2ccc(Cl)cc2)c(C)c1NC(=S)N(Cc1ccccc1)Cc1ccccc1. The van der Waals surface area contributed by atoms with Crippen molar-refractivity contribution in [1.82, 2.24) is 14.7 Å². The molecule has 0 atom stereocenters. The van der Waals surface area contributed by atoms with Crippen molar-refractivity contribution in [3.63, 3.8) is 0 Å². The molecule has 4 aromatic rings. The van der Waals surface area contributed by atoms with E-state index in [1.807, 2.05) is 48.0 Å². The van der Waals surface area contributed by atoms with Crippen molar-refractivity contribution in [1.29, 1.82) is 0 Å². The lowest BCUT2D eigenvalue weighted by Gasteiger charge is -2.26. The number of hydrogen-bond donors (Lipinski definition) is 1. The van der Waals surface area contributed by atoms with E-state index in [1.54, 1.807) is 0 Å². The van der Waals surface area contributed by atoms with Gasteiger partial charge in [-0.25, -0.2) is 0 Å². The van der Waals surface area contributed by atoms with Crippen LogP contribution in [-0.4, -0.2) is 19.8 Å². The van der Waals surface area contributed by atoms with Crippen molar-refractivity contribution in [2.75, 3.05) is 5.32 Å². The molecular formula is C27H27ClN4S. The first-order chi connectivity index (χ1) is 16.0. The van der Waals surface area contributed by atoms with Gasteiger partial charge < -0.3 is 10.2 Å². The zero-order chi connectivity index (χ0) is 23.2. The molecule has 6 heteroatoms. The molecule has 0 bridgehead atoms. The van der Waals surface area contributed by atoms with Crippen LogP contribution in [0.15, 0.2) is 84.9 Å². The van der Waals surface area contributed by atoms with E-state index < -0.39 is 0 Å². The summed E-state index contributed by atoms with van der Waals surface area (Å²) in [5.74, 6) is 0. The van der Waals surface area contributed by atoms with Crippen molar-refractivity contribution in [3.8, 4) is 0 Å². The first-order valence-corrected chi connectivity index (χ1v) is 11.7. The Morgan fingerprint density at radius 3 is 1.94 bits per heavy atom. The van der Waals surface area contributed by atoms with Crippen molar-refractivity contribution in [2.24, 2.45) is 0 Å². The van der Waals surface area contributed by atoms with Gasteiger partial charge in [0.15, 0.2) is 5.11 Å². The van der Waals surface area contributed by atoms with Crippen LogP contribution in [0.1, 0.15) is 28.1 Å². The second kappa shape index (κ2) is 10.6. The second-order valence-corrected chi connectivity index (χ2v) is 8.91. The molecule has 0 unspecified atom stereocenters. The van der Waals surface area contributed by atoms with E-state index in [-0.39, 0.29) is 0 Å². The van der Waals surface area contributed by atoms with Gasteiger partial charge in [0, 0.05) is 18.1 Å². The van der Waals surface area contributed by atoms with Crippen molar-refractivity contribution < 1.29 is 0 Å². The highest BCUT2D eigenvalue weighted by Gasteiger charge is 2.17. The predicted octanol–water partition coefficient (Wildman–Crippen LogP) is 6.60. The highest BCUT2D eigenvalue weighted by atomic mass is 35.5. The molecule has 1 aromatic heterocycles. The zero-order valence-electron chi connectivity index (χ0n) is 18.8. The molecule has 1 N–H and O–H groups in total. The quantitative estimate of drug-likeness (QED) is 0.306. The Morgan fingerprint density at radius 1 is 0.848 bits per heavy atom. The number of nitrogens with zero attached hydrogens (tertiary/aromatic N) is 3. The minimum absolute atomic E-state index is 0.677. The van der Waals surface area contributed by atoms with E-state index in [9.17, 15) is 0 Å². The number of thiocarbonyl (C=S) groups is 1. The lowest BCUT2D eigenvalue weighted by molar-refractivity contribution is 0.413. The number of anilines is 1. The van der Waals surface area contributed by atoms with Crippen molar-refractivity contribution in [2.45, 2.75) is 33.5 Å². The molecule has 0 radical (unpaired) electrons. The maximum Gasteiger partial charge on any atom is 0.174 e. The molecule has 0 aliphatic carbocycles. The van der Waals surface area contributed by atoms with Crippen LogP contribution < -0.4 is 5.32 Å². The third-order valence-electron chi connectivity index (χ3n) is 5.58. The zero-order valence-corrected chi connectivity index (χ0v) is 20.4. The predicted molar refractivity (Wildman–Crippen MR) is 141 cm³/mol. The number of aryl methyl sites for hydroxylation is 1. The minimum Gasteiger partial charge on any atom is -0.340 e. The van der Waals surface area contributed by atoms with Gasteiger partial charge in [-0.2, -0.15) is 5.10 Å². The fraction of sp³-hybridized carbons (Fsp3) is 0.185. The van der Waals surface area contributed by atoms with Crippen molar-refractivity contribution >= 4 is 34.6 Å². The van der Waals surface area contributed by atoms with E-state index in [2.05, 4.69) is 65.7 Å². The van der Waals surface area contributed by atoms with Crippen LogP contribution in [0.4, 0.5) is 5.69 Å². The molecule has 33 heavy (non-hydrogen) atoms. The average Bonchev–Trinajstić information content (AvgIpc) is 3.08. The molecule has 0 saturated carbocycles. The third-order valence-corrected chi connectivity index (χ3v) is 6.19. The van der Waals surface area contributed by atoms with Gasteiger partial charge in [0.25, 0.3) is 0 Å². The monoisotopic (exact) mass is 474 g/mol. The van der Waals surface area contributed by atoms with Gasteiger partial charge >= 0.3 is 0 Å². The number of rotatable bonds is 7. The lowest BCUT2D eigenvalue weighted by atomic mass is 10.2. The van der Waals surface area contributed by atoms with Crippen LogP contribution in [0.2, 0.25) is 5.02 Å². The summed E-state index contributed by atoms with van der Waals surface area (Å²) in [7, 11) is 0. The first-order valence-electron chi connectivity index (χ1n) is 10.9. The smallest absolute Gasteiger partial charge is 0.174 e. The normalized spacial score (nSPS) is 10.8. The van der Waals surface area contributed by atoms with Gasteiger partial charge in [0.05, 0.1) is 23.6 Å². The maximum absolute atomic E-state index is 6.03. The fourth-order valence-electron chi connectivity index (χ4n) is 3.79. The Balaban J connectivity index is 1.54. The van der Waals surface area contributed by atoms with Gasteiger partial charge in [-0.05, 0) is 54.9 Å². The topological polar surface area (TPSA) is 33.1 Å². The second-order valence-electron chi connectivity index (χ2n) is 8.09. The fourth-order valence-corrected chi connectivity index (χ4v) is 4.14. The summed E-state index contributed by atoms with van der Waals surface area (Å²) in [6, 6.07) is 28.7. The molecule has 0 amide bonds. The van der Waals surface area contributed by atoms with Gasteiger partial charge in [-0.3, -0.25) is 4.68 Å².